The van der Waals surface area contributed by atoms with E-state index in [1.54, 1.807) is 0 Å². The molecule has 1 aromatic carbocycles. The fourth-order valence-corrected chi connectivity index (χ4v) is 2.40. The minimum Gasteiger partial charge on any atom is -0.384 e. The number of imidazole rings is 1. The molecule has 1 aromatic heterocycles. The highest BCUT2D eigenvalue weighted by Gasteiger charge is 2.18. The van der Waals surface area contributed by atoms with Crippen LogP contribution in [0.2, 0.25) is 5.02 Å². The van der Waals surface area contributed by atoms with E-state index in [2.05, 4.69) is 22.2 Å². The summed E-state index contributed by atoms with van der Waals surface area (Å²) in [5, 5.41) is 4.15. The van der Waals surface area contributed by atoms with E-state index in [0.717, 1.165) is 47.2 Å². The van der Waals surface area contributed by atoms with Gasteiger partial charge in [-0.25, -0.2) is 4.98 Å². The van der Waals surface area contributed by atoms with Crippen LogP contribution in [0.1, 0.15) is 18.4 Å². The number of benzene rings is 1. The van der Waals surface area contributed by atoms with E-state index in [1.165, 1.54) is 5.69 Å². The molecule has 0 fully saturated rings. The van der Waals surface area contributed by atoms with Gasteiger partial charge >= 0.3 is 0 Å². The number of aromatic nitrogens is 2. The number of hydrogen-bond donors (Lipinski definition) is 2. The molecule has 3 nitrogen and oxygen atoms in total. The first-order valence-corrected chi connectivity index (χ1v) is 6.27. The maximum Gasteiger partial charge on any atom is 0.106 e. The molecule has 1 aliphatic heterocycles. The lowest BCUT2D eigenvalue weighted by atomic mass is 10.1. The third-order valence-electron chi connectivity index (χ3n) is 3.09. The molecular weight excluding hydrogens is 234 g/mol. The quantitative estimate of drug-likeness (QED) is 0.812. The van der Waals surface area contributed by atoms with E-state index in [1.807, 2.05) is 18.2 Å². The van der Waals surface area contributed by atoms with Crippen molar-refractivity contribution < 1.29 is 0 Å². The monoisotopic (exact) mass is 247 g/mol. The number of fused-ring (bicyclic) bond motifs is 3. The Labute approximate surface area is 105 Å². The molecule has 0 aliphatic carbocycles. The van der Waals surface area contributed by atoms with Crippen molar-refractivity contribution >= 4 is 17.3 Å². The lowest BCUT2D eigenvalue weighted by molar-refractivity contribution is 0.939. The van der Waals surface area contributed by atoms with Crippen molar-refractivity contribution in [1.29, 1.82) is 0 Å². The molecule has 2 heterocycles. The van der Waals surface area contributed by atoms with E-state index in [4.69, 9.17) is 11.6 Å². The van der Waals surface area contributed by atoms with Crippen LogP contribution in [0.15, 0.2) is 18.2 Å². The zero-order valence-electron chi connectivity index (χ0n) is 9.68. The smallest absolute Gasteiger partial charge is 0.106 e. The molecule has 0 saturated carbocycles. The summed E-state index contributed by atoms with van der Waals surface area (Å²) in [6.07, 6.45) is 1.89. The molecular formula is C13H14ClN3. The Morgan fingerprint density at radius 2 is 2.29 bits per heavy atom. The fourth-order valence-electron chi connectivity index (χ4n) is 2.22. The third kappa shape index (κ3) is 1.80. The van der Waals surface area contributed by atoms with Crippen LogP contribution in [-0.2, 0) is 12.8 Å². The first-order chi connectivity index (χ1) is 8.28. The van der Waals surface area contributed by atoms with Gasteiger partial charge in [-0.2, -0.15) is 0 Å². The first kappa shape index (κ1) is 10.7. The van der Waals surface area contributed by atoms with Gasteiger partial charge in [-0.3, -0.25) is 0 Å². The van der Waals surface area contributed by atoms with E-state index >= 15 is 0 Å². The molecule has 0 saturated heterocycles. The molecule has 4 heteroatoms. The Balaban J connectivity index is 2.21. The van der Waals surface area contributed by atoms with Crippen LogP contribution < -0.4 is 5.32 Å². The normalized spacial score (nSPS) is 13.5. The van der Waals surface area contributed by atoms with E-state index in [9.17, 15) is 0 Å². The Hall–Kier alpha value is -1.48. The minimum absolute atomic E-state index is 0.749. The van der Waals surface area contributed by atoms with E-state index in [0.29, 0.717) is 0 Å². The van der Waals surface area contributed by atoms with Crippen LogP contribution >= 0.6 is 11.6 Å². The van der Waals surface area contributed by atoms with Crippen molar-refractivity contribution in [2.45, 2.75) is 19.8 Å². The summed E-state index contributed by atoms with van der Waals surface area (Å²) in [6, 6.07) is 5.91. The fraction of sp³-hybridized carbons (Fsp3) is 0.308. The SMILES string of the molecule is CCc1nc2c([nH]1)CCNc1ccc(Cl)cc1-2. The molecule has 2 aromatic rings. The molecule has 0 spiro atoms. The molecule has 17 heavy (non-hydrogen) atoms. The van der Waals surface area contributed by atoms with Crippen LogP contribution in [0.5, 0.6) is 0 Å². The van der Waals surface area contributed by atoms with Gasteiger partial charge < -0.3 is 10.3 Å². The summed E-state index contributed by atoms with van der Waals surface area (Å²) < 4.78 is 0. The van der Waals surface area contributed by atoms with Gasteiger partial charge in [0.25, 0.3) is 0 Å². The third-order valence-corrected chi connectivity index (χ3v) is 3.32. The number of hydrogen-bond acceptors (Lipinski definition) is 2. The molecule has 0 radical (unpaired) electrons. The molecule has 88 valence electrons. The van der Waals surface area contributed by atoms with Gasteiger partial charge in [0.1, 0.15) is 5.82 Å². The van der Waals surface area contributed by atoms with Crippen LogP contribution in [0.3, 0.4) is 0 Å². The second-order valence-corrected chi connectivity index (χ2v) is 4.67. The number of nitrogens with zero attached hydrogens (tertiary/aromatic N) is 1. The number of anilines is 1. The van der Waals surface area contributed by atoms with Crippen molar-refractivity contribution in [3.05, 3.63) is 34.7 Å². The van der Waals surface area contributed by atoms with Crippen LogP contribution in [-0.4, -0.2) is 16.5 Å². The van der Waals surface area contributed by atoms with Crippen LogP contribution in [0.4, 0.5) is 5.69 Å². The highest BCUT2D eigenvalue weighted by molar-refractivity contribution is 6.31. The summed E-state index contributed by atoms with van der Waals surface area (Å²) in [7, 11) is 0. The van der Waals surface area contributed by atoms with Crippen molar-refractivity contribution in [3.63, 3.8) is 0 Å². The largest absolute Gasteiger partial charge is 0.384 e. The van der Waals surface area contributed by atoms with Gasteiger partial charge in [-0.05, 0) is 18.2 Å². The van der Waals surface area contributed by atoms with Gasteiger partial charge in [-0.15, -0.1) is 0 Å². The number of halogens is 1. The lowest BCUT2D eigenvalue weighted by Crippen LogP contribution is -2.03. The first-order valence-electron chi connectivity index (χ1n) is 5.89. The van der Waals surface area contributed by atoms with Crippen LogP contribution in [0.25, 0.3) is 11.3 Å². The van der Waals surface area contributed by atoms with E-state index in [-0.39, 0.29) is 0 Å². The Kier molecular flexibility index (Phi) is 2.56. The molecule has 2 N–H and O–H groups in total. The predicted octanol–water partition coefficient (Wildman–Crippen LogP) is 3.26. The second-order valence-electron chi connectivity index (χ2n) is 4.23. The van der Waals surface area contributed by atoms with Crippen molar-refractivity contribution in [2.24, 2.45) is 0 Å². The topological polar surface area (TPSA) is 40.7 Å². The average Bonchev–Trinajstić information content (AvgIpc) is 2.67. The van der Waals surface area contributed by atoms with Gasteiger partial charge in [0, 0.05) is 41.4 Å². The highest BCUT2D eigenvalue weighted by atomic mass is 35.5. The van der Waals surface area contributed by atoms with E-state index < -0.39 is 0 Å². The van der Waals surface area contributed by atoms with Gasteiger partial charge in [-0.1, -0.05) is 18.5 Å². The van der Waals surface area contributed by atoms with Gasteiger partial charge in [0.2, 0.25) is 0 Å². The second kappa shape index (κ2) is 4.08. The average molecular weight is 248 g/mol. The Morgan fingerprint density at radius 1 is 1.41 bits per heavy atom. The molecule has 0 amide bonds. The summed E-state index contributed by atoms with van der Waals surface area (Å²) in [6.45, 7) is 3.03. The highest BCUT2D eigenvalue weighted by Crippen LogP contribution is 2.34. The Morgan fingerprint density at radius 3 is 3.12 bits per heavy atom. The maximum absolute atomic E-state index is 6.07. The summed E-state index contributed by atoms with van der Waals surface area (Å²) in [4.78, 5) is 8.05. The summed E-state index contributed by atoms with van der Waals surface area (Å²) in [5.74, 6) is 1.04. The molecule has 0 atom stereocenters. The van der Waals surface area contributed by atoms with Crippen LogP contribution in [0, 0.1) is 0 Å². The number of H-pyrrole nitrogens is 1. The molecule has 1 aliphatic rings. The van der Waals surface area contributed by atoms with Gasteiger partial charge in [0.05, 0.1) is 5.69 Å². The summed E-state index contributed by atoms with van der Waals surface area (Å²) in [5.41, 5.74) is 4.46. The van der Waals surface area contributed by atoms with Crippen molar-refractivity contribution in [1.82, 2.24) is 9.97 Å². The Bertz CT molecular complexity index is 560. The zero-order chi connectivity index (χ0) is 11.8. The minimum atomic E-state index is 0.749. The van der Waals surface area contributed by atoms with Gasteiger partial charge in [0.15, 0.2) is 0 Å². The predicted molar refractivity (Wildman–Crippen MR) is 70.6 cm³/mol. The number of nitrogens with one attached hydrogen (secondary N) is 2. The summed E-state index contributed by atoms with van der Waals surface area (Å²) >= 11 is 6.07. The number of rotatable bonds is 1. The van der Waals surface area contributed by atoms with Crippen molar-refractivity contribution in [3.8, 4) is 11.3 Å². The maximum atomic E-state index is 6.07. The van der Waals surface area contributed by atoms with Crippen molar-refractivity contribution in [2.75, 3.05) is 11.9 Å². The number of aryl methyl sites for hydroxylation is 1. The molecule has 0 bridgehead atoms. The standard InChI is InChI=1S/C13H14ClN3/c1-2-12-16-11-5-6-15-10-4-3-8(14)7-9(10)13(11)17-12/h3-4,7,15H,2,5-6H2,1H3,(H,16,17). The lowest BCUT2D eigenvalue weighted by Gasteiger charge is -2.07. The number of aromatic amines is 1. The molecule has 0 unspecified atom stereocenters. The zero-order valence-corrected chi connectivity index (χ0v) is 10.4. The molecule has 3 rings (SSSR count).